The van der Waals surface area contributed by atoms with Gasteiger partial charge < -0.3 is 0 Å². The molecule has 0 fully saturated rings. The van der Waals surface area contributed by atoms with E-state index in [-0.39, 0.29) is 10.6 Å². The van der Waals surface area contributed by atoms with Crippen LogP contribution in [0.4, 0.5) is 17.6 Å². The van der Waals surface area contributed by atoms with E-state index in [1.807, 2.05) is 0 Å². The lowest BCUT2D eigenvalue weighted by molar-refractivity contribution is -0.137. The van der Waals surface area contributed by atoms with Crippen LogP contribution in [0.3, 0.4) is 0 Å². The van der Waals surface area contributed by atoms with Gasteiger partial charge in [-0.05, 0) is 36.2 Å². The molecule has 21 heavy (non-hydrogen) atoms. The van der Waals surface area contributed by atoms with Crippen molar-refractivity contribution in [3.05, 3.63) is 58.4 Å². The number of benzene rings is 2. The summed E-state index contributed by atoms with van der Waals surface area (Å²) in [6, 6.07) is 6.97. The summed E-state index contributed by atoms with van der Waals surface area (Å²) in [5, 5.41) is -0.184. The lowest BCUT2D eigenvalue weighted by atomic mass is 9.97. The molecule has 1 nitrogen and oxygen atoms in total. The van der Waals surface area contributed by atoms with Gasteiger partial charge in [0.15, 0.2) is 5.78 Å². The van der Waals surface area contributed by atoms with Crippen molar-refractivity contribution in [2.75, 3.05) is 0 Å². The molecule has 0 aliphatic carbocycles. The summed E-state index contributed by atoms with van der Waals surface area (Å²) in [6.45, 7) is 1.07. The first-order valence-corrected chi connectivity index (χ1v) is 6.25. The molecular formula is C15H9ClF4O. The van der Waals surface area contributed by atoms with Crippen LogP contribution in [0.1, 0.15) is 22.8 Å². The van der Waals surface area contributed by atoms with Gasteiger partial charge in [0.25, 0.3) is 0 Å². The molecule has 0 spiro atoms. The minimum Gasteiger partial charge on any atom is -0.294 e. The number of hydrogen-bond donors (Lipinski definition) is 0. The number of ketones is 1. The van der Waals surface area contributed by atoms with Crippen molar-refractivity contribution in [1.29, 1.82) is 0 Å². The first-order chi connectivity index (χ1) is 9.70. The van der Waals surface area contributed by atoms with Crippen LogP contribution in [0.5, 0.6) is 0 Å². The highest BCUT2D eigenvalue weighted by molar-refractivity contribution is 6.31. The Morgan fingerprint density at radius 1 is 1.05 bits per heavy atom. The fraction of sp³-hybridized carbons (Fsp3) is 0.133. The van der Waals surface area contributed by atoms with Gasteiger partial charge >= 0.3 is 6.18 Å². The van der Waals surface area contributed by atoms with Gasteiger partial charge in [0, 0.05) is 5.56 Å². The molecule has 0 saturated heterocycles. The van der Waals surface area contributed by atoms with Crippen LogP contribution >= 0.6 is 11.6 Å². The zero-order valence-corrected chi connectivity index (χ0v) is 11.5. The average molecular weight is 317 g/mol. The molecule has 2 aromatic rings. The van der Waals surface area contributed by atoms with Gasteiger partial charge in [0.2, 0.25) is 0 Å². The van der Waals surface area contributed by atoms with Crippen molar-refractivity contribution in [3.8, 4) is 11.1 Å². The number of alkyl halides is 3. The van der Waals surface area contributed by atoms with Crippen LogP contribution in [0, 0.1) is 5.82 Å². The maximum atomic E-state index is 13.1. The quantitative estimate of drug-likeness (QED) is 0.538. The highest BCUT2D eigenvalue weighted by Gasteiger charge is 2.34. The Bertz CT molecular complexity index is 707. The lowest BCUT2D eigenvalue weighted by Gasteiger charge is -2.13. The maximum absolute atomic E-state index is 13.1. The second-order valence-corrected chi connectivity index (χ2v) is 4.85. The second-order valence-electron chi connectivity index (χ2n) is 4.44. The predicted molar refractivity (Wildman–Crippen MR) is 71.9 cm³/mol. The number of Topliss-reactive ketones (excluding diaryl/α,β-unsaturated/α-hetero) is 1. The highest BCUT2D eigenvalue weighted by atomic mass is 35.5. The molecule has 0 radical (unpaired) electrons. The lowest BCUT2D eigenvalue weighted by Crippen LogP contribution is -2.11. The van der Waals surface area contributed by atoms with Crippen molar-refractivity contribution in [3.63, 3.8) is 0 Å². The van der Waals surface area contributed by atoms with Crippen LogP contribution in [-0.2, 0) is 6.18 Å². The van der Waals surface area contributed by atoms with Crippen molar-refractivity contribution < 1.29 is 22.4 Å². The monoisotopic (exact) mass is 316 g/mol. The Morgan fingerprint density at radius 2 is 1.62 bits per heavy atom. The molecule has 0 heterocycles. The fourth-order valence-corrected chi connectivity index (χ4v) is 2.12. The molecule has 0 bridgehead atoms. The van der Waals surface area contributed by atoms with Crippen LogP contribution in [-0.4, -0.2) is 5.78 Å². The van der Waals surface area contributed by atoms with E-state index in [0.29, 0.717) is 5.56 Å². The van der Waals surface area contributed by atoms with Crippen molar-refractivity contribution in [2.45, 2.75) is 13.1 Å². The van der Waals surface area contributed by atoms with Crippen LogP contribution in [0.25, 0.3) is 11.1 Å². The molecule has 0 N–H and O–H groups in total. The number of rotatable bonds is 2. The van der Waals surface area contributed by atoms with Gasteiger partial charge in [-0.25, -0.2) is 4.39 Å². The van der Waals surface area contributed by atoms with E-state index in [4.69, 9.17) is 11.6 Å². The summed E-state index contributed by atoms with van der Waals surface area (Å²) in [4.78, 5) is 11.3. The van der Waals surface area contributed by atoms with E-state index in [9.17, 15) is 22.4 Å². The first-order valence-electron chi connectivity index (χ1n) is 5.88. The molecular weight excluding hydrogens is 308 g/mol. The molecule has 2 rings (SSSR count). The normalized spacial score (nSPS) is 11.5. The van der Waals surface area contributed by atoms with Gasteiger partial charge in [-0.15, -0.1) is 0 Å². The van der Waals surface area contributed by atoms with Crippen molar-refractivity contribution >= 4 is 17.4 Å². The minimum atomic E-state index is -4.65. The standard InChI is InChI=1S/C15H9ClF4O/c1-8(21)11-4-2-9(6-12(11)15(18,19)20)10-3-5-14(17)13(16)7-10/h2-7H,1H3. The van der Waals surface area contributed by atoms with Gasteiger partial charge in [-0.2, -0.15) is 13.2 Å². The molecule has 0 saturated carbocycles. The van der Waals surface area contributed by atoms with Gasteiger partial charge in [0.05, 0.1) is 10.6 Å². The first kappa shape index (κ1) is 15.5. The van der Waals surface area contributed by atoms with E-state index in [0.717, 1.165) is 25.1 Å². The summed E-state index contributed by atoms with van der Waals surface area (Å²) in [5.41, 5.74) is -0.886. The Kier molecular flexibility index (Phi) is 4.05. The smallest absolute Gasteiger partial charge is 0.294 e. The van der Waals surface area contributed by atoms with E-state index in [1.54, 1.807) is 0 Å². The Hall–Kier alpha value is -1.88. The second kappa shape index (κ2) is 5.48. The number of hydrogen-bond acceptors (Lipinski definition) is 1. The third-order valence-electron chi connectivity index (χ3n) is 2.96. The molecule has 2 aromatic carbocycles. The number of halogens is 5. The predicted octanol–water partition coefficient (Wildman–Crippen LogP) is 5.37. The summed E-state index contributed by atoms with van der Waals surface area (Å²) in [5.74, 6) is -1.33. The minimum absolute atomic E-state index is 0.184. The Morgan fingerprint density at radius 3 is 2.14 bits per heavy atom. The Balaban J connectivity index is 2.61. The number of carbonyl (C=O) groups is 1. The van der Waals surface area contributed by atoms with Gasteiger partial charge in [-0.3, -0.25) is 4.79 Å². The van der Waals surface area contributed by atoms with Gasteiger partial charge in [-0.1, -0.05) is 29.8 Å². The molecule has 0 aliphatic rings. The third-order valence-corrected chi connectivity index (χ3v) is 3.25. The highest BCUT2D eigenvalue weighted by Crippen LogP contribution is 2.35. The number of carbonyl (C=O) groups excluding carboxylic acids is 1. The van der Waals surface area contributed by atoms with E-state index < -0.39 is 28.9 Å². The zero-order valence-electron chi connectivity index (χ0n) is 10.8. The molecule has 6 heteroatoms. The molecule has 0 amide bonds. The third kappa shape index (κ3) is 3.24. The fourth-order valence-electron chi connectivity index (χ4n) is 1.94. The summed E-state index contributed by atoms with van der Waals surface area (Å²) < 4.78 is 52.1. The van der Waals surface area contributed by atoms with Crippen LogP contribution in [0.15, 0.2) is 36.4 Å². The molecule has 0 unspecified atom stereocenters. The largest absolute Gasteiger partial charge is 0.417 e. The molecule has 0 aliphatic heterocycles. The summed E-state index contributed by atoms with van der Waals surface area (Å²) >= 11 is 5.62. The van der Waals surface area contributed by atoms with Gasteiger partial charge in [0.1, 0.15) is 5.82 Å². The topological polar surface area (TPSA) is 17.1 Å². The average Bonchev–Trinajstić information content (AvgIpc) is 2.40. The molecule has 110 valence electrons. The van der Waals surface area contributed by atoms with Crippen molar-refractivity contribution in [2.24, 2.45) is 0 Å². The molecule has 0 atom stereocenters. The van der Waals surface area contributed by atoms with Crippen LogP contribution < -0.4 is 0 Å². The van der Waals surface area contributed by atoms with E-state index in [1.165, 1.54) is 18.2 Å². The maximum Gasteiger partial charge on any atom is 0.417 e. The van der Waals surface area contributed by atoms with Crippen LogP contribution in [0.2, 0.25) is 5.02 Å². The summed E-state index contributed by atoms with van der Waals surface area (Å²) in [7, 11) is 0. The van der Waals surface area contributed by atoms with E-state index >= 15 is 0 Å². The van der Waals surface area contributed by atoms with E-state index in [2.05, 4.69) is 0 Å². The summed E-state index contributed by atoms with van der Waals surface area (Å²) in [6.07, 6.45) is -4.65. The van der Waals surface area contributed by atoms with Crippen molar-refractivity contribution in [1.82, 2.24) is 0 Å². The SMILES string of the molecule is CC(=O)c1ccc(-c2ccc(F)c(Cl)c2)cc1C(F)(F)F. The Labute approximate surface area is 123 Å². The zero-order chi connectivity index (χ0) is 15.8. The molecule has 0 aromatic heterocycles.